The van der Waals surface area contributed by atoms with Crippen molar-refractivity contribution in [3.8, 4) is 0 Å². The molecule has 1 aliphatic carbocycles. The van der Waals surface area contributed by atoms with Gasteiger partial charge < -0.3 is 11.1 Å². The van der Waals surface area contributed by atoms with Gasteiger partial charge in [0.2, 0.25) is 0 Å². The summed E-state index contributed by atoms with van der Waals surface area (Å²) in [6.45, 7) is 0.642. The molecule has 1 heterocycles. The summed E-state index contributed by atoms with van der Waals surface area (Å²) in [5.74, 6) is 0.355. The highest BCUT2D eigenvalue weighted by molar-refractivity contribution is 7.12. The smallest absolute Gasteiger partial charge is 0.263 e. The molecule has 1 aromatic heterocycles. The molecule has 1 aliphatic rings. The van der Waals surface area contributed by atoms with Crippen molar-refractivity contribution in [2.45, 2.75) is 25.3 Å². The maximum Gasteiger partial charge on any atom is 0.263 e. The Hall–Kier alpha value is -0.580. The Morgan fingerprint density at radius 2 is 2.44 bits per heavy atom. The van der Waals surface area contributed by atoms with Gasteiger partial charge >= 0.3 is 0 Å². The van der Waals surface area contributed by atoms with E-state index in [1.807, 2.05) is 5.38 Å². The lowest BCUT2D eigenvalue weighted by molar-refractivity contribution is 0.0933. The monoisotopic (exact) mass is 258 g/mol. The zero-order chi connectivity index (χ0) is 11.5. The van der Waals surface area contributed by atoms with E-state index in [0.717, 1.165) is 19.3 Å². The highest BCUT2D eigenvalue weighted by Gasteiger charge is 2.28. The summed E-state index contributed by atoms with van der Waals surface area (Å²) in [6.07, 6.45) is 3.28. The lowest BCUT2D eigenvalue weighted by Crippen LogP contribution is -2.39. The van der Waals surface area contributed by atoms with Crippen molar-refractivity contribution in [2.24, 2.45) is 11.7 Å². The maximum absolute atomic E-state index is 11.9. The Bertz CT molecular complexity index is 380. The number of hydrogen-bond donors (Lipinski definition) is 2. The minimum absolute atomic E-state index is 0.0645. The van der Waals surface area contributed by atoms with Crippen LogP contribution in [0.3, 0.4) is 0 Å². The lowest BCUT2D eigenvalue weighted by atomic mass is 10.0. The molecule has 0 bridgehead atoms. The summed E-state index contributed by atoms with van der Waals surface area (Å²) in [6, 6.07) is 1.96. The summed E-state index contributed by atoms with van der Waals surface area (Å²) in [4.78, 5) is 12.5. The molecule has 3 N–H and O–H groups in total. The van der Waals surface area contributed by atoms with Gasteiger partial charge in [0, 0.05) is 6.04 Å². The maximum atomic E-state index is 11.9. The summed E-state index contributed by atoms with van der Waals surface area (Å²) >= 11 is 7.29. The second-order valence-corrected chi connectivity index (χ2v) is 5.43. The molecule has 1 amide bonds. The fraction of sp³-hybridized carbons (Fsp3) is 0.545. The van der Waals surface area contributed by atoms with E-state index in [9.17, 15) is 4.79 Å². The summed E-state index contributed by atoms with van der Waals surface area (Å²) in [7, 11) is 0. The van der Waals surface area contributed by atoms with Crippen LogP contribution in [0.4, 0.5) is 0 Å². The van der Waals surface area contributed by atoms with Crippen LogP contribution >= 0.6 is 22.9 Å². The van der Waals surface area contributed by atoms with Crippen LogP contribution in [0.1, 0.15) is 28.9 Å². The molecule has 88 valence electrons. The first-order valence-electron chi connectivity index (χ1n) is 5.46. The molecule has 0 aliphatic heterocycles. The minimum atomic E-state index is -0.0645. The number of nitrogens with two attached hydrogens (primary N) is 1. The molecule has 0 aromatic carbocycles. The highest BCUT2D eigenvalue weighted by Crippen LogP contribution is 2.26. The van der Waals surface area contributed by atoms with Crippen LogP contribution in [0.15, 0.2) is 11.4 Å². The van der Waals surface area contributed by atoms with E-state index in [0.29, 0.717) is 22.4 Å². The van der Waals surface area contributed by atoms with Gasteiger partial charge in [0.25, 0.3) is 5.91 Å². The normalized spacial score (nSPS) is 24.6. The molecular formula is C11H15ClN2OS. The third kappa shape index (κ3) is 2.39. The topological polar surface area (TPSA) is 55.1 Å². The van der Waals surface area contributed by atoms with E-state index in [2.05, 4.69) is 5.32 Å². The zero-order valence-corrected chi connectivity index (χ0v) is 10.5. The van der Waals surface area contributed by atoms with Crippen molar-refractivity contribution in [2.75, 3.05) is 6.54 Å². The van der Waals surface area contributed by atoms with E-state index in [4.69, 9.17) is 17.3 Å². The predicted octanol–water partition coefficient (Wildman–Crippen LogP) is 2.26. The molecule has 0 saturated heterocycles. The lowest BCUT2D eigenvalue weighted by Gasteiger charge is -2.19. The predicted molar refractivity (Wildman–Crippen MR) is 67.0 cm³/mol. The number of carbonyl (C=O) groups is 1. The molecule has 2 unspecified atom stereocenters. The first kappa shape index (κ1) is 11.9. The van der Waals surface area contributed by atoms with E-state index in [1.165, 1.54) is 11.3 Å². The van der Waals surface area contributed by atoms with Gasteiger partial charge in [0.05, 0.1) is 5.02 Å². The Balaban J connectivity index is 2.00. The van der Waals surface area contributed by atoms with E-state index in [-0.39, 0.29) is 11.9 Å². The van der Waals surface area contributed by atoms with Crippen molar-refractivity contribution in [3.63, 3.8) is 0 Å². The number of hydrogen-bond acceptors (Lipinski definition) is 3. The summed E-state index contributed by atoms with van der Waals surface area (Å²) < 4.78 is 0. The summed E-state index contributed by atoms with van der Waals surface area (Å²) in [5.41, 5.74) is 5.67. The number of amides is 1. The molecule has 3 nitrogen and oxygen atoms in total. The van der Waals surface area contributed by atoms with Crippen molar-refractivity contribution in [1.82, 2.24) is 5.32 Å². The summed E-state index contributed by atoms with van der Waals surface area (Å²) in [5, 5.41) is 5.39. The van der Waals surface area contributed by atoms with Gasteiger partial charge in [0.1, 0.15) is 4.88 Å². The van der Waals surface area contributed by atoms with Crippen LogP contribution in [-0.4, -0.2) is 18.5 Å². The second kappa shape index (κ2) is 5.17. The number of thiophene rings is 1. The largest absolute Gasteiger partial charge is 0.348 e. The average Bonchev–Trinajstić information content (AvgIpc) is 2.86. The van der Waals surface area contributed by atoms with Crippen molar-refractivity contribution >= 4 is 28.8 Å². The fourth-order valence-electron chi connectivity index (χ4n) is 2.20. The van der Waals surface area contributed by atoms with Crippen molar-refractivity contribution < 1.29 is 4.79 Å². The van der Waals surface area contributed by atoms with Crippen LogP contribution < -0.4 is 11.1 Å². The standard InChI is InChI=1S/C11H15ClN2OS/c12-8-4-5-16-10(8)11(15)14-9-3-1-2-7(9)6-13/h4-5,7,9H,1-3,6,13H2,(H,14,15). The van der Waals surface area contributed by atoms with Gasteiger partial charge in [0.15, 0.2) is 0 Å². The minimum Gasteiger partial charge on any atom is -0.348 e. The number of nitrogens with one attached hydrogen (secondary N) is 1. The van der Waals surface area contributed by atoms with Crippen LogP contribution in [0.25, 0.3) is 0 Å². The first-order valence-corrected chi connectivity index (χ1v) is 6.72. The Morgan fingerprint density at radius 1 is 1.62 bits per heavy atom. The Morgan fingerprint density at radius 3 is 3.06 bits per heavy atom. The Kier molecular flexibility index (Phi) is 3.84. The number of carbonyl (C=O) groups excluding carboxylic acids is 1. The zero-order valence-electron chi connectivity index (χ0n) is 8.91. The highest BCUT2D eigenvalue weighted by atomic mass is 35.5. The molecule has 2 atom stereocenters. The molecule has 0 radical (unpaired) electrons. The fourth-order valence-corrected chi connectivity index (χ4v) is 3.24. The third-order valence-electron chi connectivity index (χ3n) is 3.10. The molecule has 5 heteroatoms. The van der Waals surface area contributed by atoms with Gasteiger partial charge in [-0.15, -0.1) is 11.3 Å². The average molecular weight is 259 g/mol. The third-order valence-corrected chi connectivity index (χ3v) is 4.44. The SMILES string of the molecule is NCC1CCCC1NC(=O)c1sccc1Cl. The number of rotatable bonds is 3. The quantitative estimate of drug-likeness (QED) is 0.874. The molecule has 1 aromatic rings. The van der Waals surface area contributed by atoms with Crippen LogP contribution in [0, 0.1) is 5.92 Å². The van der Waals surface area contributed by atoms with Gasteiger partial charge in [-0.2, -0.15) is 0 Å². The molecule has 16 heavy (non-hydrogen) atoms. The second-order valence-electron chi connectivity index (χ2n) is 4.10. The van der Waals surface area contributed by atoms with Crippen LogP contribution in [-0.2, 0) is 0 Å². The Labute approximate surface area is 104 Å². The van der Waals surface area contributed by atoms with Gasteiger partial charge in [-0.1, -0.05) is 18.0 Å². The molecule has 0 spiro atoms. The van der Waals surface area contributed by atoms with Gasteiger partial charge in [-0.3, -0.25) is 4.79 Å². The van der Waals surface area contributed by atoms with Crippen LogP contribution in [0.2, 0.25) is 5.02 Å². The van der Waals surface area contributed by atoms with E-state index >= 15 is 0 Å². The molecule has 2 rings (SSSR count). The molecular weight excluding hydrogens is 244 g/mol. The number of halogens is 1. The molecule has 1 fully saturated rings. The van der Waals surface area contributed by atoms with E-state index < -0.39 is 0 Å². The van der Waals surface area contributed by atoms with Gasteiger partial charge in [-0.05, 0) is 36.8 Å². The van der Waals surface area contributed by atoms with Crippen LogP contribution in [0.5, 0.6) is 0 Å². The van der Waals surface area contributed by atoms with Gasteiger partial charge in [-0.25, -0.2) is 0 Å². The van der Waals surface area contributed by atoms with E-state index in [1.54, 1.807) is 6.07 Å². The first-order chi connectivity index (χ1) is 7.72. The van der Waals surface area contributed by atoms with Crippen molar-refractivity contribution in [1.29, 1.82) is 0 Å². The molecule has 1 saturated carbocycles. The van der Waals surface area contributed by atoms with Crippen molar-refractivity contribution in [3.05, 3.63) is 21.3 Å².